The summed E-state index contributed by atoms with van der Waals surface area (Å²) in [6, 6.07) is 1.63. The van der Waals surface area contributed by atoms with Crippen LogP contribution in [0.2, 0.25) is 10.0 Å². The lowest BCUT2D eigenvalue weighted by molar-refractivity contribution is 0.460. The fourth-order valence-electron chi connectivity index (χ4n) is 1.30. The molecule has 2 aromatic rings. The second kappa shape index (κ2) is 6.54. The van der Waals surface area contributed by atoms with E-state index < -0.39 is 0 Å². The topological polar surface area (TPSA) is 59.9 Å². The van der Waals surface area contributed by atoms with Crippen molar-refractivity contribution < 1.29 is 4.74 Å². The molecule has 2 rings (SSSR count). The van der Waals surface area contributed by atoms with Crippen LogP contribution in [0.5, 0.6) is 11.6 Å². The summed E-state index contributed by atoms with van der Waals surface area (Å²) in [5, 5.41) is 3.86. The van der Waals surface area contributed by atoms with Gasteiger partial charge in [0, 0.05) is 18.8 Å². The Balaban J connectivity index is 2.19. The van der Waals surface area contributed by atoms with E-state index in [1.807, 2.05) is 0 Å². The third-order valence-corrected chi connectivity index (χ3v) is 2.61. The number of aromatic nitrogens is 3. The number of halogens is 2. The smallest absolute Gasteiger partial charge is 0.243 e. The Labute approximate surface area is 121 Å². The van der Waals surface area contributed by atoms with Gasteiger partial charge < -0.3 is 10.1 Å². The minimum Gasteiger partial charge on any atom is -0.436 e. The summed E-state index contributed by atoms with van der Waals surface area (Å²) in [6.07, 6.45) is 5.51. The molecule has 2 heterocycles. The minimum absolute atomic E-state index is 0.263. The summed E-state index contributed by atoms with van der Waals surface area (Å²) in [5.41, 5.74) is 0. The highest BCUT2D eigenvalue weighted by Gasteiger charge is 2.08. The van der Waals surface area contributed by atoms with Gasteiger partial charge in [-0.3, -0.25) is 4.98 Å². The lowest BCUT2D eigenvalue weighted by Gasteiger charge is -2.08. The molecule has 0 bridgehead atoms. The Kier molecular flexibility index (Phi) is 4.76. The van der Waals surface area contributed by atoms with Gasteiger partial charge in [-0.2, -0.15) is 4.98 Å². The van der Waals surface area contributed by atoms with Gasteiger partial charge in [-0.1, -0.05) is 30.1 Å². The van der Waals surface area contributed by atoms with Crippen LogP contribution in [0.3, 0.4) is 0 Å². The Morgan fingerprint density at radius 1 is 1.26 bits per heavy atom. The molecule has 5 nitrogen and oxygen atoms in total. The highest BCUT2D eigenvalue weighted by molar-refractivity contribution is 6.31. The first kappa shape index (κ1) is 13.8. The average molecular weight is 299 g/mol. The van der Waals surface area contributed by atoms with E-state index in [1.54, 1.807) is 6.07 Å². The first-order valence-electron chi connectivity index (χ1n) is 5.74. The molecule has 0 saturated heterocycles. The molecule has 0 unspecified atom stereocenters. The predicted molar refractivity (Wildman–Crippen MR) is 75.1 cm³/mol. The Morgan fingerprint density at radius 2 is 2.11 bits per heavy atom. The number of rotatable bonds is 5. The lowest BCUT2D eigenvalue weighted by atomic mass is 10.4. The lowest BCUT2D eigenvalue weighted by Crippen LogP contribution is -2.04. The summed E-state index contributed by atoms with van der Waals surface area (Å²) < 4.78 is 5.54. The molecule has 100 valence electrons. The normalized spacial score (nSPS) is 10.3. The quantitative estimate of drug-likeness (QED) is 0.910. The zero-order chi connectivity index (χ0) is 13.7. The van der Waals surface area contributed by atoms with E-state index in [2.05, 4.69) is 27.2 Å². The van der Waals surface area contributed by atoms with Gasteiger partial charge in [0.15, 0.2) is 0 Å². The zero-order valence-electron chi connectivity index (χ0n) is 10.2. The van der Waals surface area contributed by atoms with Crippen LogP contribution in [0.25, 0.3) is 0 Å². The van der Waals surface area contributed by atoms with E-state index in [1.165, 1.54) is 18.6 Å². The number of hydrogen-bond acceptors (Lipinski definition) is 5. The maximum Gasteiger partial charge on any atom is 0.243 e. The third kappa shape index (κ3) is 3.94. The van der Waals surface area contributed by atoms with Crippen LogP contribution in [0.15, 0.2) is 24.7 Å². The van der Waals surface area contributed by atoms with Crippen molar-refractivity contribution in [1.82, 2.24) is 15.0 Å². The van der Waals surface area contributed by atoms with Gasteiger partial charge >= 0.3 is 0 Å². The molecule has 0 amide bonds. The van der Waals surface area contributed by atoms with Crippen molar-refractivity contribution in [3.05, 3.63) is 34.7 Å². The second-order valence-corrected chi connectivity index (χ2v) is 4.56. The van der Waals surface area contributed by atoms with Crippen molar-refractivity contribution in [2.75, 3.05) is 11.9 Å². The summed E-state index contributed by atoms with van der Waals surface area (Å²) in [6.45, 7) is 2.83. The van der Waals surface area contributed by atoms with Gasteiger partial charge in [0.2, 0.25) is 11.8 Å². The zero-order valence-corrected chi connectivity index (χ0v) is 11.7. The fraction of sp³-hybridized carbons (Fsp3) is 0.250. The van der Waals surface area contributed by atoms with Gasteiger partial charge in [0.25, 0.3) is 0 Å². The summed E-state index contributed by atoms with van der Waals surface area (Å²) >= 11 is 11.8. The SMILES string of the molecule is CCCNc1ncc(Cl)c(Oc2cncc(Cl)c2)n1. The molecule has 0 aliphatic carbocycles. The monoisotopic (exact) mass is 298 g/mol. The van der Waals surface area contributed by atoms with Crippen molar-refractivity contribution in [2.45, 2.75) is 13.3 Å². The maximum absolute atomic E-state index is 5.99. The van der Waals surface area contributed by atoms with Crippen LogP contribution in [0.4, 0.5) is 5.95 Å². The van der Waals surface area contributed by atoms with Crippen LogP contribution in [-0.2, 0) is 0 Å². The van der Waals surface area contributed by atoms with Gasteiger partial charge in [0.05, 0.1) is 17.4 Å². The van der Waals surface area contributed by atoms with Crippen molar-refractivity contribution in [1.29, 1.82) is 0 Å². The number of hydrogen-bond donors (Lipinski definition) is 1. The highest BCUT2D eigenvalue weighted by Crippen LogP contribution is 2.28. The first-order chi connectivity index (χ1) is 9.19. The summed E-state index contributed by atoms with van der Waals surface area (Å²) in [4.78, 5) is 12.2. The predicted octanol–water partition coefficient (Wildman–Crippen LogP) is 3.79. The highest BCUT2D eigenvalue weighted by atomic mass is 35.5. The van der Waals surface area contributed by atoms with Crippen molar-refractivity contribution >= 4 is 29.2 Å². The molecule has 0 aliphatic rings. The van der Waals surface area contributed by atoms with Crippen molar-refractivity contribution in [3.8, 4) is 11.6 Å². The molecule has 0 aliphatic heterocycles. The van der Waals surface area contributed by atoms with E-state index in [-0.39, 0.29) is 5.88 Å². The van der Waals surface area contributed by atoms with Crippen LogP contribution in [-0.4, -0.2) is 21.5 Å². The Morgan fingerprint density at radius 3 is 2.84 bits per heavy atom. The molecule has 19 heavy (non-hydrogen) atoms. The van der Waals surface area contributed by atoms with E-state index in [0.29, 0.717) is 21.7 Å². The molecule has 0 aromatic carbocycles. The molecular formula is C12H12Cl2N4O. The number of nitrogens with zero attached hydrogens (tertiary/aromatic N) is 3. The van der Waals surface area contributed by atoms with Gasteiger partial charge in [-0.15, -0.1) is 0 Å². The van der Waals surface area contributed by atoms with Crippen LogP contribution in [0, 0.1) is 0 Å². The van der Waals surface area contributed by atoms with E-state index in [0.717, 1.165) is 13.0 Å². The van der Waals surface area contributed by atoms with E-state index >= 15 is 0 Å². The third-order valence-electron chi connectivity index (χ3n) is 2.14. The van der Waals surface area contributed by atoms with Gasteiger partial charge in [0.1, 0.15) is 10.8 Å². The van der Waals surface area contributed by atoms with Crippen LogP contribution in [0.1, 0.15) is 13.3 Å². The molecule has 1 N–H and O–H groups in total. The molecule has 0 atom stereocenters. The van der Waals surface area contributed by atoms with Crippen LogP contribution < -0.4 is 10.1 Å². The van der Waals surface area contributed by atoms with Crippen LogP contribution >= 0.6 is 23.2 Å². The largest absolute Gasteiger partial charge is 0.436 e. The summed E-state index contributed by atoms with van der Waals surface area (Å²) in [7, 11) is 0. The molecular weight excluding hydrogens is 287 g/mol. The first-order valence-corrected chi connectivity index (χ1v) is 6.49. The molecule has 7 heteroatoms. The molecule has 0 spiro atoms. The minimum atomic E-state index is 0.263. The van der Waals surface area contributed by atoms with Gasteiger partial charge in [-0.25, -0.2) is 4.98 Å². The van der Waals surface area contributed by atoms with Crippen molar-refractivity contribution in [2.24, 2.45) is 0 Å². The number of nitrogens with one attached hydrogen (secondary N) is 1. The Hall–Kier alpha value is -1.59. The van der Waals surface area contributed by atoms with E-state index in [4.69, 9.17) is 27.9 Å². The number of ether oxygens (including phenoxy) is 1. The molecule has 0 radical (unpaired) electrons. The van der Waals surface area contributed by atoms with E-state index in [9.17, 15) is 0 Å². The van der Waals surface area contributed by atoms with Crippen molar-refractivity contribution in [3.63, 3.8) is 0 Å². The second-order valence-electron chi connectivity index (χ2n) is 3.71. The maximum atomic E-state index is 5.99. The Bertz CT molecular complexity index is 565. The number of anilines is 1. The van der Waals surface area contributed by atoms with Gasteiger partial charge in [-0.05, 0) is 6.42 Å². The number of pyridine rings is 1. The molecule has 0 fully saturated rings. The standard InChI is InChI=1S/C12H12Cl2N4O/c1-2-3-16-12-17-7-10(14)11(18-12)19-9-4-8(13)5-15-6-9/h4-7H,2-3H2,1H3,(H,16,17,18). The molecule has 2 aromatic heterocycles. The molecule has 0 saturated carbocycles. The summed E-state index contributed by atoms with van der Waals surface area (Å²) in [5.74, 6) is 1.20. The average Bonchev–Trinajstić information content (AvgIpc) is 2.40. The fourth-order valence-corrected chi connectivity index (χ4v) is 1.60.